The predicted molar refractivity (Wildman–Crippen MR) is 44.2 cm³/mol. The predicted octanol–water partition coefficient (Wildman–Crippen LogP) is -0.202. The van der Waals surface area contributed by atoms with Crippen LogP contribution in [0, 0.1) is 0 Å². The van der Waals surface area contributed by atoms with Gasteiger partial charge in [-0.25, -0.2) is 0 Å². The van der Waals surface area contributed by atoms with Gasteiger partial charge >= 0.3 is 0 Å². The molecule has 0 amide bonds. The van der Waals surface area contributed by atoms with Crippen molar-refractivity contribution < 1.29 is 14.1 Å². The van der Waals surface area contributed by atoms with Gasteiger partial charge in [-0.1, -0.05) is 0 Å². The smallest absolute Gasteiger partial charge is 0.0945 e. The van der Waals surface area contributed by atoms with Gasteiger partial charge in [0.2, 0.25) is 0 Å². The molecule has 1 N–H and O–H groups in total. The van der Waals surface area contributed by atoms with Crippen molar-refractivity contribution in [1.82, 2.24) is 0 Å². The summed E-state index contributed by atoms with van der Waals surface area (Å²) in [5, 5.41) is 9.97. The van der Waals surface area contributed by atoms with Gasteiger partial charge in [0.15, 0.2) is 0 Å². The van der Waals surface area contributed by atoms with Crippen LogP contribution in [-0.2, 0) is 15.5 Å². The van der Waals surface area contributed by atoms with Crippen LogP contribution in [-0.4, -0.2) is 38.1 Å². The second-order valence-electron chi connectivity index (χ2n) is 3.92. The Hall–Kier alpha value is 0.0700. The highest BCUT2D eigenvalue weighted by molar-refractivity contribution is 7.86. The minimum Gasteiger partial charge on any atom is -0.389 e. The highest BCUT2D eigenvalue weighted by Gasteiger charge is 2.55. The lowest BCUT2D eigenvalue weighted by molar-refractivity contribution is -0.0165. The van der Waals surface area contributed by atoms with E-state index in [0.29, 0.717) is 0 Å². The Labute approximate surface area is 73.6 Å². The maximum absolute atomic E-state index is 11.7. The van der Waals surface area contributed by atoms with E-state index >= 15 is 0 Å². The summed E-state index contributed by atoms with van der Waals surface area (Å²) in [6.45, 7) is 0. The Bertz CT molecular complexity index is 242. The third-order valence-corrected chi connectivity index (χ3v) is 5.53. The number of ether oxygens (including phenoxy) is 1. The molecule has 3 bridgehead atoms. The third-order valence-electron chi connectivity index (χ3n) is 3.32. The Balaban J connectivity index is 2.04. The first-order valence-electron chi connectivity index (χ1n) is 4.50. The van der Waals surface area contributed by atoms with E-state index < -0.39 is 16.9 Å². The van der Waals surface area contributed by atoms with Crippen molar-refractivity contribution in [1.29, 1.82) is 0 Å². The zero-order valence-corrected chi connectivity index (χ0v) is 7.50. The molecule has 12 heavy (non-hydrogen) atoms. The molecule has 0 aromatic carbocycles. The van der Waals surface area contributed by atoms with E-state index in [2.05, 4.69) is 0 Å². The molecule has 3 fully saturated rings. The summed E-state index contributed by atoms with van der Waals surface area (Å²) in [6.07, 6.45) is 2.40. The minimum absolute atomic E-state index is 0.00694. The van der Waals surface area contributed by atoms with Crippen molar-refractivity contribution in [2.24, 2.45) is 0 Å². The van der Waals surface area contributed by atoms with E-state index in [0.717, 1.165) is 19.3 Å². The number of aliphatic hydroxyl groups is 1. The van der Waals surface area contributed by atoms with Crippen molar-refractivity contribution in [3.63, 3.8) is 0 Å². The molecule has 0 aliphatic carbocycles. The highest BCUT2D eigenvalue weighted by Crippen LogP contribution is 2.43. The number of rotatable bonds is 0. The number of aliphatic hydroxyl groups excluding tert-OH is 1. The first kappa shape index (κ1) is 7.47. The van der Waals surface area contributed by atoms with Crippen LogP contribution in [0.5, 0.6) is 0 Å². The van der Waals surface area contributed by atoms with E-state index in [-0.39, 0.29) is 22.7 Å². The Morgan fingerprint density at radius 1 is 1.25 bits per heavy atom. The summed E-state index contributed by atoms with van der Waals surface area (Å²) in [5.41, 5.74) is 0. The normalized spacial score (nSPS) is 62.4. The largest absolute Gasteiger partial charge is 0.389 e. The second-order valence-corrected chi connectivity index (χ2v) is 5.79. The molecule has 3 aliphatic heterocycles. The molecule has 0 aromatic heterocycles. The lowest BCUT2D eigenvalue weighted by Gasteiger charge is -2.33. The third kappa shape index (κ3) is 0.757. The molecule has 3 rings (SSSR count). The molecule has 3 nitrogen and oxygen atoms in total. The molecule has 3 aliphatic rings. The van der Waals surface area contributed by atoms with E-state index in [1.807, 2.05) is 0 Å². The standard InChI is InChI=1S/C8H12O3S/c9-8-5-3-7-4(11-5)1-2-6(8)12(7)10/h4-9H,1-3H2. The molecule has 0 saturated carbocycles. The van der Waals surface area contributed by atoms with Gasteiger partial charge in [0.05, 0.1) is 28.8 Å². The molecular formula is C8H12O3S. The van der Waals surface area contributed by atoms with E-state index in [4.69, 9.17) is 4.74 Å². The highest BCUT2D eigenvalue weighted by atomic mass is 32.2. The van der Waals surface area contributed by atoms with Gasteiger partial charge in [0.1, 0.15) is 0 Å². The summed E-state index contributed by atoms with van der Waals surface area (Å²) in [7, 11) is -0.829. The molecule has 0 radical (unpaired) electrons. The van der Waals surface area contributed by atoms with Crippen LogP contribution >= 0.6 is 0 Å². The van der Waals surface area contributed by atoms with Crippen LogP contribution in [0.2, 0.25) is 0 Å². The summed E-state index contributed by atoms with van der Waals surface area (Å²) in [5.74, 6) is 0. The lowest BCUT2D eigenvalue weighted by Crippen LogP contribution is -2.48. The molecule has 0 aromatic rings. The first-order chi connectivity index (χ1) is 5.77. The summed E-state index contributed by atoms with van der Waals surface area (Å²) in [4.78, 5) is 0. The van der Waals surface area contributed by atoms with Gasteiger partial charge in [-0.2, -0.15) is 0 Å². The zero-order chi connectivity index (χ0) is 8.29. The van der Waals surface area contributed by atoms with Crippen molar-refractivity contribution in [3.8, 4) is 0 Å². The van der Waals surface area contributed by atoms with Gasteiger partial charge in [0, 0.05) is 10.8 Å². The maximum atomic E-state index is 11.7. The number of hydrogen-bond donors (Lipinski definition) is 1. The minimum atomic E-state index is -0.829. The quantitative estimate of drug-likeness (QED) is 0.572. The van der Waals surface area contributed by atoms with Gasteiger partial charge in [-0.15, -0.1) is 0 Å². The fourth-order valence-electron chi connectivity index (χ4n) is 2.68. The van der Waals surface area contributed by atoms with Crippen LogP contribution < -0.4 is 0 Å². The lowest BCUT2D eigenvalue weighted by atomic mass is 9.97. The van der Waals surface area contributed by atoms with Crippen LogP contribution in [0.1, 0.15) is 19.3 Å². The van der Waals surface area contributed by atoms with Crippen LogP contribution in [0.3, 0.4) is 0 Å². The van der Waals surface area contributed by atoms with Crippen molar-refractivity contribution in [2.45, 2.75) is 48.1 Å². The number of fused-ring (bicyclic) bond motifs is 2. The summed E-state index contributed by atoms with van der Waals surface area (Å²) < 4.78 is 17.3. The molecular weight excluding hydrogens is 176 g/mol. The van der Waals surface area contributed by atoms with Crippen molar-refractivity contribution in [2.75, 3.05) is 0 Å². The van der Waals surface area contributed by atoms with E-state index in [1.54, 1.807) is 0 Å². The van der Waals surface area contributed by atoms with Gasteiger partial charge in [0.25, 0.3) is 0 Å². The average molecular weight is 188 g/mol. The Kier molecular flexibility index (Phi) is 1.43. The second kappa shape index (κ2) is 2.30. The maximum Gasteiger partial charge on any atom is 0.0945 e. The fraction of sp³-hybridized carbons (Fsp3) is 1.00. The molecule has 4 heteroatoms. The van der Waals surface area contributed by atoms with Crippen LogP contribution in [0.15, 0.2) is 0 Å². The van der Waals surface area contributed by atoms with E-state index in [1.165, 1.54) is 0 Å². The molecule has 3 saturated heterocycles. The summed E-state index contributed by atoms with van der Waals surface area (Å²) in [6, 6.07) is 0. The number of hydrogen-bond acceptors (Lipinski definition) is 3. The Morgan fingerprint density at radius 3 is 2.92 bits per heavy atom. The van der Waals surface area contributed by atoms with E-state index in [9.17, 15) is 9.32 Å². The van der Waals surface area contributed by atoms with Crippen molar-refractivity contribution in [3.05, 3.63) is 0 Å². The Morgan fingerprint density at radius 2 is 2.08 bits per heavy atom. The fourth-order valence-corrected chi connectivity index (χ4v) is 4.83. The SMILES string of the molecule is O=S1C2CC3OC2CCC1C3O. The van der Waals surface area contributed by atoms with Crippen LogP contribution in [0.25, 0.3) is 0 Å². The topological polar surface area (TPSA) is 46.5 Å². The van der Waals surface area contributed by atoms with Gasteiger partial charge < -0.3 is 9.84 Å². The summed E-state index contributed by atoms with van der Waals surface area (Å²) >= 11 is 0. The van der Waals surface area contributed by atoms with Crippen molar-refractivity contribution >= 4 is 10.8 Å². The van der Waals surface area contributed by atoms with Gasteiger partial charge in [-0.3, -0.25) is 4.21 Å². The zero-order valence-electron chi connectivity index (χ0n) is 6.68. The monoisotopic (exact) mass is 188 g/mol. The molecule has 0 spiro atoms. The molecule has 6 atom stereocenters. The average Bonchev–Trinajstić information content (AvgIpc) is 2.37. The van der Waals surface area contributed by atoms with Gasteiger partial charge in [-0.05, 0) is 19.3 Å². The molecule has 6 unspecified atom stereocenters. The first-order valence-corrected chi connectivity index (χ1v) is 5.78. The molecule has 3 heterocycles. The molecule has 68 valence electrons. The van der Waals surface area contributed by atoms with Crippen LogP contribution in [0.4, 0.5) is 0 Å².